The number of nitrogens with zero attached hydrogens (tertiary/aromatic N) is 3. The summed E-state index contributed by atoms with van der Waals surface area (Å²) in [5.41, 5.74) is 2.64. The van der Waals surface area contributed by atoms with Crippen LogP contribution in [0.25, 0.3) is 5.65 Å². The fourth-order valence-electron chi connectivity index (χ4n) is 2.46. The highest BCUT2D eigenvalue weighted by Gasteiger charge is 2.17. The molecule has 0 fully saturated rings. The van der Waals surface area contributed by atoms with E-state index in [-0.39, 0.29) is 5.91 Å². The Morgan fingerprint density at radius 1 is 1.25 bits per heavy atom. The van der Waals surface area contributed by atoms with Gasteiger partial charge >= 0.3 is 0 Å². The molecule has 0 radical (unpaired) electrons. The van der Waals surface area contributed by atoms with Crippen LogP contribution in [0.15, 0.2) is 48.8 Å². The maximum Gasteiger partial charge on any atom is 0.257 e. The Morgan fingerprint density at radius 3 is 2.83 bits per heavy atom. The van der Waals surface area contributed by atoms with Gasteiger partial charge in [-0.2, -0.15) is 5.10 Å². The van der Waals surface area contributed by atoms with Gasteiger partial charge in [-0.15, -0.1) is 0 Å². The molecule has 0 aliphatic carbocycles. The van der Waals surface area contributed by atoms with Gasteiger partial charge in [-0.1, -0.05) is 30.3 Å². The summed E-state index contributed by atoms with van der Waals surface area (Å²) in [5, 5.41) is 7.08. The van der Waals surface area contributed by atoms with Gasteiger partial charge in [-0.05, 0) is 18.6 Å². The summed E-state index contributed by atoms with van der Waals surface area (Å²) in [5.74, 6) is 0.665. The minimum Gasteiger partial charge on any atom is -0.351 e. The minimum atomic E-state index is -1.02. The smallest absolute Gasteiger partial charge is 0.257 e. The maximum atomic E-state index is 12.4. The van der Waals surface area contributed by atoms with Gasteiger partial charge < -0.3 is 5.32 Å². The van der Waals surface area contributed by atoms with Crippen molar-refractivity contribution in [1.82, 2.24) is 19.9 Å². The van der Waals surface area contributed by atoms with Gasteiger partial charge in [0.1, 0.15) is 5.56 Å². The van der Waals surface area contributed by atoms with Crippen LogP contribution in [-0.4, -0.2) is 37.0 Å². The molecular formula is C17H18N4O2S. The molecule has 0 saturated carbocycles. The van der Waals surface area contributed by atoms with Crippen molar-refractivity contribution in [2.45, 2.75) is 12.7 Å². The third-order valence-electron chi connectivity index (χ3n) is 3.58. The van der Waals surface area contributed by atoms with Gasteiger partial charge in [0.15, 0.2) is 5.65 Å². The van der Waals surface area contributed by atoms with Crippen LogP contribution in [0.4, 0.5) is 0 Å². The Hall–Kier alpha value is -2.54. The molecule has 3 rings (SSSR count). The minimum absolute atomic E-state index is 0.238. The van der Waals surface area contributed by atoms with E-state index in [2.05, 4.69) is 15.4 Å². The molecule has 3 aromatic rings. The predicted molar refractivity (Wildman–Crippen MR) is 93.2 cm³/mol. The molecule has 7 heteroatoms. The molecule has 1 aromatic carbocycles. The summed E-state index contributed by atoms with van der Waals surface area (Å²) < 4.78 is 13.7. The van der Waals surface area contributed by atoms with Crippen molar-refractivity contribution in [1.29, 1.82) is 0 Å². The van der Waals surface area contributed by atoms with E-state index in [1.165, 1.54) is 0 Å². The molecule has 2 heterocycles. The first-order valence-electron chi connectivity index (χ1n) is 7.62. The van der Waals surface area contributed by atoms with E-state index in [9.17, 15) is 9.00 Å². The van der Waals surface area contributed by atoms with Crippen LogP contribution < -0.4 is 5.32 Å². The van der Waals surface area contributed by atoms with Crippen LogP contribution in [0.5, 0.6) is 0 Å². The van der Waals surface area contributed by atoms with Crippen molar-refractivity contribution >= 4 is 22.4 Å². The van der Waals surface area contributed by atoms with E-state index in [1.54, 1.807) is 29.9 Å². The molecule has 0 aliphatic rings. The highest BCUT2D eigenvalue weighted by molar-refractivity contribution is 7.84. The van der Waals surface area contributed by atoms with Crippen LogP contribution >= 0.6 is 0 Å². The van der Waals surface area contributed by atoms with Crippen LogP contribution in [0.1, 0.15) is 21.6 Å². The summed E-state index contributed by atoms with van der Waals surface area (Å²) in [7, 11) is -1.02. The number of hydrogen-bond donors (Lipinski definition) is 1. The molecule has 0 aliphatic heterocycles. The van der Waals surface area contributed by atoms with E-state index in [0.717, 1.165) is 5.56 Å². The Bertz CT molecular complexity index is 877. The monoisotopic (exact) mass is 342 g/mol. The van der Waals surface area contributed by atoms with Crippen LogP contribution in [-0.2, 0) is 16.6 Å². The quantitative estimate of drug-likeness (QED) is 0.740. The standard InChI is InChI=1S/C17H18N4O2S/c1-13-15(16-18-8-5-10-21(16)20-13)17(22)19-9-11-24(23)12-14-6-3-2-4-7-14/h2-8,10H,9,11-12H2,1H3,(H,19,22)/t24-/m0/s1. The van der Waals surface area contributed by atoms with Gasteiger partial charge in [-0.3, -0.25) is 9.00 Å². The van der Waals surface area contributed by atoms with Gasteiger partial charge in [0.2, 0.25) is 0 Å². The average Bonchev–Trinajstić information content (AvgIpc) is 2.91. The number of nitrogens with one attached hydrogen (secondary N) is 1. The van der Waals surface area contributed by atoms with Crippen LogP contribution in [0, 0.1) is 6.92 Å². The first kappa shape index (κ1) is 16.3. The molecule has 1 amide bonds. The van der Waals surface area contributed by atoms with E-state index < -0.39 is 10.8 Å². The first-order valence-corrected chi connectivity index (χ1v) is 9.11. The van der Waals surface area contributed by atoms with Crippen molar-refractivity contribution in [3.63, 3.8) is 0 Å². The number of rotatable bonds is 6. The topological polar surface area (TPSA) is 76.4 Å². The van der Waals surface area contributed by atoms with Crippen LogP contribution in [0.3, 0.4) is 0 Å². The highest BCUT2D eigenvalue weighted by Crippen LogP contribution is 2.12. The number of hydrogen-bond acceptors (Lipinski definition) is 4. The number of carbonyl (C=O) groups excluding carboxylic acids is 1. The molecule has 0 unspecified atom stereocenters. The highest BCUT2D eigenvalue weighted by atomic mass is 32.2. The number of fused-ring (bicyclic) bond motifs is 1. The lowest BCUT2D eigenvalue weighted by Gasteiger charge is -2.05. The van der Waals surface area contributed by atoms with Gasteiger partial charge in [-0.25, -0.2) is 9.50 Å². The van der Waals surface area contributed by atoms with Crippen molar-refractivity contribution in [3.05, 3.63) is 65.6 Å². The number of aryl methyl sites for hydroxylation is 1. The summed E-state index contributed by atoms with van der Waals surface area (Å²) in [6.07, 6.45) is 3.38. The second-order valence-electron chi connectivity index (χ2n) is 5.38. The van der Waals surface area contributed by atoms with E-state index in [4.69, 9.17) is 0 Å². The third-order valence-corrected chi connectivity index (χ3v) is 4.90. The molecule has 0 saturated heterocycles. The zero-order valence-electron chi connectivity index (χ0n) is 13.3. The summed E-state index contributed by atoms with van der Waals surface area (Å²) in [4.78, 5) is 16.6. The molecule has 1 atom stereocenters. The fraction of sp³-hybridized carbons (Fsp3) is 0.235. The second kappa shape index (κ2) is 7.35. The van der Waals surface area contributed by atoms with Crippen molar-refractivity contribution in [2.75, 3.05) is 12.3 Å². The SMILES string of the molecule is Cc1nn2cccnc2c1C(=O)NCC[S@](=O)Cc1ccccc1. The first-order chi connectivity index (χ1) is 11.6. The lowest BCUT2D eigenvalue weighted by Crippen LogP contribution is -2.28. The number of benzene rings is 1. The molecule has 2 aromatic heterocycles. The predicted octanol–water partition coefficient (Wildman–Crippen LogP) is 1.72. The molecule has 24 heavy (non-hydrogen) atoms. The van der Waals surface area contributed by atoms with E-state index in [1.807, 2.05) is 30.3 Å². The summed E-state index contributed by atoms with van der Waals surface area (Å²) >= 11 is 0. The Morgan fingerprint density at radius 2 is 2.04 bits per heavy atom. The molecule has 124 valence electrons. The number of aromatic nitrogens is 3. The maximum absolute atomic E-state index is 12.4. The van der Waals surface area contributed by atoms with Gasteiger partial charge in [0, 0.05) is 41.2 Å². The van der Waals surface area contributed by atoms with Gasteiger partial charge in [0.05, 0.1) is 5.69 Å². The third kappa shape index (κ3) is 3.68. The van der Waals surface area contributed by atoms with Crippen molar-refractivity contribution < 1.29 is 9.00 Å². The Labute approximate surface area is 142 Å². The lowest BCUT2D eigenvalue weighted by atomic mass is 10.2. The summed E-state index contributed by atoms with van der Waals surface area (Å²) in [6.45, 7) is 2.12. The van der Waals surface area contributed by atoms with Gasteiger partial charge in [0.25, 0.3) is 5.91 Å². The normalized spacial score (nSPS) is 12.2. The lowest BCUT2D eigenvalue weighted by molar-refractivity contribution is 0.0957. The summed E-state index contributed by atoms with van der Waals surface area (Å²) in [6, 6.07) is 11.4. The molecule has 0 bridgehead atoms. The largest absolute Gasteiger partial charge is 0.351 e. The van der Waals surface area contributed by atoms with E-state index >= 15 is 0 Å². The second-order valence-corrected chi connectivity index (χ2v) is 6.95. The molecule has 1 N–H and O–H groups in total. The van der Waals surface area contributed by atoms with Crippen LogP contribution in [0.2, 0.25) is 0 Å². The zero-order valence-corrected chi connectivity index (χ0v) is 14.1. The Balaban J connectivity index is 1.57. The van der Waals surface area contributed by atoms with E-state index in [0.29, 0.717) is 35.0 Å². The zero-order chi connectivity index (χ0) is 16.9. The average molecular weight is 342 g/mol. The number of carbonyl (C=O) groups is 1. The number of amides is 1. The van der Waals surface area contributed by atoms with Crippen molar-refractivity contribution in [2.24, 2.45) is 0 Å². The fourth-order valence-corrected chi connectivity index (χ4v) is 3.50. The molecule has 0 spiro atoms. The molecule has 6 nitrogen and oxygen atoms in total. The van der Waals surface area contributed by atoms with Crippen molar-refractivity contribution in [3.8, 4) is 0 Å². The Kier molecular flexibility index (Phi) is 5.00. The molecular weight excluding hydrogens is 324 g/mol.